The molecule has 3 aromatic rings. The van der Waals surface area contributed by atoms with Gasteiger partial charge in [-0.05, 0) is 25.0 Å². The zero-order valence-electron chi connectivity index (χ0n) is 10.8. The molecular formula is C14H13N5. The molecule has 0 aliphatic carbocycles. The summed E-state index contributed by atoms with van der Waals surface area (Å²) in [5, 5.41) is 4.16. The first-order valence-electron chi connectivity index (χ1n) is 5.99. The van der Waals surface area contributed by atoms with Crippen molar-refractivity contribution in [3.05, 3.63) is 54.5 Å². The molecule has 0 radical (unpaired) electrons. The second-order valence-corrected chi connectivity index (χ2v) is 4.36. The van der Waals surface area contributed by atoms with Crippen LogP contribution < -0.4 is 0 Å². The van der Waals surface area contributed by atoms with Gasteiger partial charge in [-0.2, -0.15) is 5.10 Å². The highest BCUT2D eigenvalue weighted by Crippen LogP contribution is 2.29. The third kappa shape index (κ3) is 1.99. The molecule has 0 aliphatic rings. The minimum atomic E-state index is 0.831. The van der Waals surface area contributed by atoms with E-state index in [1.165, 1.54) is 17.5 Å². The molecule has 0 bridgehead atoms. The zero-order chi connectivity index (χ0) is 13.2. The molecule has 19 heavy (non-hydrogen) atoms. The van der Waals surface area contributed by atoms with Crippen molar-refractivity contribution in [3.8, 4) is 16.9 Å². The molecule has 0 saturated heterocycles. The highest BCUT2D eigenvalue weighted by Gasteiger charge is 2.13. The van der Waals surface area contributed by atoms with Crippen LogP contribution in [-0.4, -0.2) is 24.7 Å². The van der Waals surface area contributed by atoms with Crippen LogP contribution >= 0.6 is 0 Å². The first kappa shape index (κ1) is 11.5. The van der Waals surface area contributed by atoms with Gasteiger partial charge in [0.2, 0.25) is 0 Å². The number of aryl methyl sites for hydroxylation is 2. The lowest BCUT2D eigenvalue weighted by Gasteiger charge is -2.12. The van der Waals surface area contributed by atoms with Gasteiger partial charge in [0.15, 0.2) is 0 Å². The maximum atomic E-state index is 4.43. The highest BCUT2D eigenvalue weighted by atomic mass is 15.3. The smallest absolute Gasteiger partial charge is 0.138 e. The van der Waals surface area contributed by atoms with Gasteiger partial charge in [-0.25, -0.2) is 19.6 Å². The van der Waals surface area contributed by atoms with Gasteiger partial charge < -0.3 is 0 Å². The summed E-state index contributed by atoms with van der Waals surface area (Å²) in [7, 11) is 0. The Morgan fingerprint density at radius 1 is 1.00 bits per heavy atom. The lowest BCUT2D eigenvalue weighted by molar-refractivity contribution is 0.864. The topological polar surface area (TPSA) is 56.5 Å². The first-order valence-corrected chi connectivity index (χ1v) is 5.99. The molecular weight excluding hydrogens is 238 g/mol. The van der Waals surface area contributed by atoms with Crippen LogP contribution in [-0.2, 0) is 0 Å². The summed E-state index contributed by atoms with van der Waals surface area (Å²) in [5.41, 5.74) is 5.18. The first-order chi connectivity index (χ1) is 9.27. The number of rotatable bonds is 2. The van der Waals surface area contributed by atoms with Crippen molar-refractivity contribution < 1.29 is 0 Å². The third-order valence-electron chi connectivity index (χ3n) is 3.08. The van der Waals surface area contributed by atoms with Gasteiger partial charge in [-0.3, -0.25) is 0 Å². The van der Waals surface area contributed by atoms with Crippen LogP contribution in [0.2, 0.25) is 0 Å². The molecule has 1 aromatic carbocycles. The quantitative estimate of drug-likeness (QED) is 0.701. The molecule has 0 unspecified atom stereocenters. The van der Waals surface area contributed by atoms with Crippen molar-refractivity contribution in [2.75, 3.05) is 0 Å². The van der Waals surface area contributed by atoms with E-state index in [0.29, 0.717) is 0 Å². The maximum Gasteiger partial charge on any atom is 0.138 e. The van der Waals surface area contributed by atoms with Gasteiger partial charge in [-0.15, -0.1) is 0 Å². The Balaban J connectivity index is 2.27. The molecule has 0 spiro atoms. The van der Waals surface area contributed by atoms with E-state index < -0.39 is 0 Å². The molecule has 0 fully saturated rings. The van der Waals surface area contributed by atoms with Gasteiger partial charge in [0.1, 0.15) is 24.7 Å². The maximum absolute atomic E-state index is 4.43. The van der Waals surface area contributed by atoms with Crippen LogP contribution in [0.15, 0.2) is 43.4 Å². The fourth-order valence-electron chi connectivity index (χ4n) is 2.20. The van der Waals surface area contributed by atoms with Crippen LogP contribution in [0.4, 0.5) is 0 Å². The van der Waals surface area contributed by atoms with E-state index in [4.69, 9.17) is 0 Å². The second-order valence-electron chi connectivity index (χ2n) is 4.36. The zero-order valence-corrected chi connectivity index (χ0v) is 10.8. The number of nitrogens with zero attached hydrogens (tertiary/aromatic N) is 5. The standard InChI is InChI=1S/C14H13N5/c1-10-4-3-5-11(2)13(10)14-12(6-15-7-17-14)19-9-16-8-18-19/h3-9H,1-2H3. The molecule has 2 heterocycles. The van der Waals surface area contributed by atoms with Crippen LogP contribution in [0.3, 0.4) is 0 Å². The lowest BCUT2D eigenvalue weighted by atomic mass is 9.99. The Hall–Kier alpha value is -2.56. The van der Waals surface area contributed by atoms with E-state index in [1.54, 1.807) is 23.5 Å². The number of hydrogen-bond acceptors (Lipinski definition) is 4. The normalized spacial score (nSPS) is 10.6. The van der Waals surface area contributed by atoms with Crippen molar-refractivity contribution >= 4 is 0 Å². The Kier molecular flexibility index (Phi) is 2.79. The van der Waals surface area contributed by atoms with Gasteiger partial charge in [0, 0.05) is 5.56 Å². The van der Waals surface area contributed by atoms with E-state index in [2.05, 4.69) is 46.0 Å². The summed E-state index contributed by atoms with van der Waals surface area (Å²) in [4.78, 5) is 12.5. The van der Waals surface area contributed by atoms with Crippen molar-refractivity contribution in [2.45, 2.75) is 13.8 Å². The molecule has 0 N–H and O–H groups in total. The molecule has 0 aliphatic heterocycles. The molecule has 2 aromatic heterocycles. The summed E-state index contributed by atoms with van der Waals surface area (Å²) in [5.74, 6) is 0. The molecule has 0 saturated carbocycles. The number of aromatic nitrogens is 5. The predicted molar refractivity (Wildman–Crippen MR) is 71.9 cm³/mol. The molecule has 94 valence electrons. The summed E-state index contributed by atoms with van der Waals surface area (Å²) in [6, 6.07) is 6.20. The van der Waals surface area contributed by atoms with E-state index in [9.17, 15) is 0 Å². The largest absolute Gasteiger partial charge is 0.243 e. The van der Waals surface area contributed by atoms with E-state index in [0.717, 1.165) is 16.9 Å². The monoisotopic (exact) mass is 251 g/mol. The van der Waals surface area contributed by atoms with Gasteiger partial charge in [0.05, 0.1) is 11.9 Å². The summed E-state index contributed by atoms with van der Waals surface area (Å²) in [6.45, 7) is 4.16. The molecule has 0 atom stereocenters. The van der Waals surface area contributed by atoms with Crippen molar-refractivity contribution in [1.29, 1.82) is 0 Å². The lowest BCUT2D eigenvalue weighted by Crippen LogP contribution is -2.02. The SMILES string of the molecule is Cc1cccc(C)c1-c1ncncc1-n1cncn1. The van der Waals surface area contributed by atoms with E-state index >= 15 is 0 Å². The summed E-state index contributed by atoms with van der Waals surface area (Å²) < 4.78 is 1.68. The van der Waals surface area contributed by atoms with Crippen molar-refractivity contribution in [2.24, 2.45) is 0 Å². The Morgan fingerprint density at radius 3 is 2.47 bits per heavy atom. The average Bonchev–Trinajstić information content (AvgIpc) is 2.93. The fourth-order valence-corrected chi connectivity index (χ4v) is 2.20. The predicted octanol–water partition coefficient (Wildman–Crippen LogP) is 2.34. The van der Waals surface area contributed by atoms with Gasteiger partial charge in [-0.1, -0.05) is 18.2 Å². The van der Waals surface area contributed by atoms with Crippen LogP contribution in [0.25, 0.3) is 16.9 Å². The fraction of sp³-hybridized carbons (Fsp3) is 0.143. The van der Waals surface area contributed by atoms with E-state index in [-0.39, 0.29) is 0 Å². The molecule has 5 nitrogen and oxygen atoms in total. The molecule has 0 amide bonds. The Labute approximate surface area is 111 Å². The van der Waals surface area contributed by atoms with Crippen LogP contribution in [0.1, 0.15) is 11.1 Å². The average molecular weight is 251 g/mol. The number of hydrogen-bond donors (Lipinski definition) is 0. The highest BCUT2D eigenvalue weighted by molar-refractivity contribution is 5.73. The Morgan fingerprint density at radius 2 is 1.79 bits per heavy atom. The Bertz CT molecular complexity index is 683. The van der Waals surface area contributed by atoms with Crippen molar-refractivity contribution in [1.82, 2.24) is 24.7 Å². The number of benzene rings is 1. The van der Waals surface area contributed by atoms with Crippen LogP contribution in [0.5, 0.6) is 0 Å². The minimum Gasteiger partial charge on any atom is -0.243 e. The molecule has 5 heteroatoms. The van der Waals surface area contributed by atoms with Crippen molar-refractivity contribution in [3.63, 3.8) is 0 Å². The summed E-state index contributed by atoms with van der Waals surface area (Å²) >= 11 is 0. The minimum absolute atomic E-state index is 0.831. The summed E-state index contributed by atoms with van der Waals surface area (Å²) in [6.07, 6.45) is 6.46. The third-order valence-corrected chi connectivity index (χ3v) is 3.08. The molecule has 3 rings (SSSR count). The van der Waals surface area contributed by atoms with Gasteiger partial charge in [0.25, 0.3) is 0 Å². The van der Waals surface area contributed by atoms with Gasteiger partial charge >= 0.3 is 0 Å². The second kappa shape index (κ2) is 4.61. The van der Waals surface area contributed by atoms with Crippen LogP contribution in [0, 0.1) is 13.8 Å². The van der Waals surface area contributed by atoms with E-state index in [1.807, 2.05) is 6.07 Å².